The molecule has 1 saturated heterocycles. The van der Waals surface area contributed by atoms with Crippen LogP contribution >= 0.6 is 0 Å². The summed E-state index contributed by atoms with van der Waals surface area (Å²) in [5, 5.41) is 3.14. The standard InChI is InChI=1S/C11H18N4O2S/c1-14(10-11-4-2-3-5-13-11)18(16,17)15-8-6-12-7-9-15/h2-5,12H,6-10H2,1H3. The van der Waals surface area contributed by atoms with E-state index in [1.165, 1.54) is 8.61 Å². The van der Waals surface area contributed by atoms with E-state index in [1.54, 1.807) is 13.2 Å². The van der Waals surface area contributed by atoms with Gasteiger partial charge in [-0.05, 0) is 12.1 Å². The molecular weight excluding hydrogens is 252 g/mol. The van der Waals surface area contributed by atoms with E-state index in [-0.39, 0.29) is 0 Å². The van der Waals surface area contributed by atoms with Crippen LogP contribution in [-0.2, 0) is 16.8 Å². The van der Waals surface area contributed by atoms with Gasteiger partial charge in [0.05, 0.1) is 12.2 Å². The van der Waals surface area contributed by atoms with Gasteiger partial charge in [-0.15, -0.1) is 0 Å². The zero-order valence-electron chi connectivity index (χ0n) is 10.4. The maximum Gasteiger partial charge on any atom is 0.282 e. The quantitative estimate of drug-likeness (QED) is 0.813. The Morgan fingerprint density at radius 1 is 1.39 bits per heavy atom. The Morgan fingerprint density at radius 3 is 2.72 bits per heavy atom. The molecule has 1 N–H and O–H groups in total. The third kappa shape index (κ3) is 3.05. The molecule has 100 valence electrons. The van der Waals surface area contributed by atoms with Gasteiger partial charge in [0.25, 0.3) is 10.2 Å². The molecule has 1 fully saturated rings. The number of nitrogens with one attached hydrogen (secondary N) is 1. The number of pyridine rings is 1. The number of aromatic nitrogens is 1. The van der Waals surface area contributed by atoms with Crippen LogP contribution in [0.3, 0.4) is 0 Å². The molecular formula is C11H18N4O2S. The largest absolute Gasteiger partial charge is 0.314 e. The lowest BCUT2D eigenvalue weighted by atomic mass is 10.3. The smallest absolute Gasteiger partial charge is 0.282 e. The third-order valence-corrected chi connectivity index (χ3v) is 4.84. The van der Waals surface area contributed by atoms with Gasteiger partial charge in [-0.1, -0.05) is 6.07 Å². The van der Waals surface area contributed by atoms with Crippen molar-refractivity contribution in [3.05, 3.63) is 30.1 Å². The van der Waals surface area contributed by atoms with Crippen LogP contribution in [0.5, 0.6) is 0 Å². The van der Waals surface area contributed by atoms with Gasteiger partial charge in [0, 0.05) is 39.4 Å². The molecule has 0 spiro atoms. The molecule has 6 nitrogen and oxygen atoms in total. The molecule has 1 aromatic heterocycles. The van der Waals surface area contributed by atoms with E-state index < -0.39 is 10.2 Å². The van der Waals surface area contributed by atoms with Crippen molar-refractivity contribution in [2.24, 2.45) is 0 Å². The van der Waals surface area contributed by atoms with Crippen LogP contribution in [0, 0.1) is 0 Å². The molecule has 1 aliphatic rings. The minimum absolute atomic E-state index is 0.299. The number of piperazine rings is 1. The molecule has 0 saturated carbocycles. The maximum absolute atomic E-state index is 12.3. The Labute approximate surface area is 108 Å². The van der Waals surface area contributed by atoms with Crippen LogP contribution in [0.4, 0.5) is 0 Å². The van der Waals surface area contributed by atoms with Gasteiger partial charge in [0.1, 0.15) is 0 Å². The van der Waals surface area contributed by atoms with Crippen molar-refractivity contribution in [2.75, 3.05) is 33.2 Å². The highest BCUT2D eigenvalue weighted by Crippen LogP contribution is 2.10. The van der Waals surface area contributed by atoms with Crippen molar-refractivity contribution in [3.8, 4) is 0 Å². The lowest BCUT2D eigenvalue weighted by molar-refractivity contribution is 0.323. The Balaban J connectivity index is 2.05. The topological polar surface area (TPSA) is 65.5 Å². The molecule has 2 rings (SSSR count). The fraction of sp³-hybridized carbons (Fsp3) is 0.545. The number of hydrogen-bond acceptors (Lipinski definition) is 4. The zero-order chi connectivity index (χ0) is 13.0. The first-order chi connectivity index (χ1) is 8.60. The van der Waals surface area contributed by atoms with E-state index in [4.69, 9.17) is 0 Å². The Kier molecular flexibility index (Phi) is 4.28. The molecule has 0 aliphatic carbocycles. The summed E-state index contributed by atoms with van der Waals surface area (Å²) in [5.74, 6) is 0. The normalized spacial score (nSPS) is 18.1. The lowest BCUT2D eigenvalue weighted by Crippen LogP contribution is -2.50. The average Bonchev–Trinajstić information content (AvgIpc) is 2.41. The van der Waals surface area contributed by atoms with E-state index >= 15 is 0 Å². The summed E-state index contributed by atoms with van der Waals surface area (Å²) in [6.07, 6.45) is 1.67. The second kappa shape index (κ2) is 5.75. The van der Waals surface area contributed by atoms with Crippen LogP contribution in [0.2, 0.25) is 0 Å². The molecule has 0 bridgehead atoms. The van der Waals surface area contributed by atoms with Crippen LogP contribution in [0.15, 0.2) is 24.4 Å². The van der Waals surface area contributed by atoms with Gasteiger partial charge in [-0.2, -0.15) is 17.0 Å². The van der Waals surface area contributed by atoms with Gasteiger partial charge in [-0.25, -0.2) is 0 Å². The van der Waals surface area contributed by atoms with E-state index in [0.717, 1.165) is 5.69 Å². The Morgan fingerprint density at radius 2 is 2.11 bits per heavy atom. The molecule has 0 unspecified atom stereocenters. The van der Waals surface area contributed by atoms with Crippen LogP contribution in [0.1, 0.15) is 5.69 Å². The summed E-state index contributed by atoms with van der Waals surface area (Å²) >= 11 is 0. The summed E-state index contributed by atoms with van der Waals surface area (Å²) in [6, 6.07) is 5.49. The molecule has 0 aromatic carbocycles. The van der Waals surface area contributed by atoms with Gasteiger partial charge in [-0.3, -0.25) is 4.98 Å². The zero-order valence-corrected chi connectivity index (χ0v) is 11.2. The third-order valence-electron chi connectivity index (χ3n) is 2.91. The van der Waals surface area contributed by atoms with Crippen molar-refractivity contribution in [1.29, 1.82) is 0 Å². The van der Waals surface area contributed by atoms with Crippen molar-refractivity contribution in [1.82, 2.24) is 18.9 Å². The SMILES string of the molecule is CN(Cc1ccccn1)S(=O)(=O)N1CCNCC1. The molecule has 2 heterocycles. The molecule has 0 atom stereocenters. The fourth-order valence-corrected chi connectivity index (χ4v) is 3.21. The van der Waals surface area contributed by atoms with Gasteiger partial charge < -0.3 is 5.32 Å². The van der Waals surface area contributed by atoms with Gasteiger partial charge in [0.2, 0.25) is 0 Å². The minimum atomic E-state index is -3.37. The fourth-order valence-electron chi connectivity index (χ4n) is 1.87. The van der Waals surface area contributed by atoms with Crippen molar-refractivity contribution >= 4 is 10.2 Å². The first kappa shape index (κ1) is 13.4. The molecule has 0 amide bonds. The highest BCUT2D eigenvalue weighted by atomic mass is 32.2. The molecule has 1 aliphatic heterocycles. The molecule has 7 heteroatoms. The van der Waals surface area contributed by atoms with Crippen molar-refractivity contribution < 1.29 is 8.42 Å². The van der Waals surface area contributed by atoms with E-state index in [2.05, 4.69) is 10.3 Å². The lowest BCUT2D eigenvalue weighted by Gasteiger charge is -2.30. The number of rotatable bonds is 4. The van der Waals surface area contributed by atoms with Gasteiger partial charge in [0.15, 0.2) is 0 Å². The first-order valence-electron chi connectivity index (χ1n) is 5.93. The second-order valence-corrected chi connectivity index (χ2v) is 6.27. The van der Waals surface area contributed by atoms with E-state index in [0.29, 0.717) is 32.7 Å². The number of hydrogen-bond donors (Lipinski definition) is 1. The maximum atomic E-state index is 12.3. The summed E-state index contributed by atoms with van der Waals surface area (Å²) in [4.78, 5) is 4.14. The summed E-state index contributed by atoms with van der Waals surface area (Å²) < 4.78 is 27.4. The van der Waals surface area contributed by atoms with Crippen molar-refractivity contribution in [3.63, 3.8) is 0 Å². The highest BCUT2D eigenvalue weighted by Gasteiger charge is 2.28. The summed E-state index contributed by atoms with van der Waals surface area (Å²) in [7, 11) is -1.78. The van der Waals surface area contributed by atoms with Crippen LogP contribution in [0.25, 0.3) is 0 Å². The average molecular weight is 270 g/mol. The molecule has 0 radical (unpaired) electrons. The van der Waals surface area contributed by atoms with Crippen LogP contribution in [-0.4, -0.2) is 55.2 Å². The Hall–Kier alpha value is -1.02. The molecule has 18 heavy (non-hydrogen) atoms. The van der Waals surface area contributed by atoms with Gasteiger partial charge >= 0.3 is 0 Å². The second-order valence-electron chi connectivity index (χ2n) is 4.23. The van der Waals surface area contributed by atoms with E-state index in [9.17, 15) is 8.42 Å². The predicted molar refractivity (Wildman–Crippen MR) is 69.1 cm³/mol. The molecule has 1 aromatic rings. The minimum Gasteiger partial charge on any atom is -0.314 e. The van der Waals surface area contributed by atoms with Crippen LogP contribution < -0.4 is 5.32 Å². The monoisotopic (exact) mass is 270 g/mol. The Bertz CT molecular complexity index is 471. The predicted octanol–water partition coefficient (Wildman–Crippen LogP) is -0.337. The highest BCUT2D eigenvalue weighted by molar-refractivity contribution is 7.86. The first-order valence-corrected chi connectivity index (χ1v) is 7.32. The number of nitrogens with zero attached hydrogens (tertiary/aromatic N) is 3. The summed E-state index contributed by atoms with van der Waals surface area (Å²) in [6.45, 7) is 2.75. The van der Waals surface area contributed by atoms with Crippen molar-refractivity contribution in [2.45, 2.75) is 6.54 Å². The van der Waals surface area contributed by atoms with E-state index in [1.807, 2.05) is 18.2 Å². The summed E-state index contributed by atoms with van der Waals surface area (Å²) in [5.41, 5.74) is 0.749.